The van der Waals surface area contributed by atoms with E-state index in [9.17, 15) is 9.59 Å². The molecule has 0 aliphatic carbocycles. The lowest BCUT2D eigenvalue weighted by Crippen LogP contribution is -2.31. The van der Waals surface area contributed by atoms with Gasteiger partial charge in [-0.25, -0.2) is 0 Å². The van der Waals surface area contributed by atoms with Crippen LogP contribution in [0.3, 0.4) is 0 Å². The van der Waals surface area contributed by atoms with Gasteiger partial charge in [0.1, 0.15) is 11.3 Å². The molecule has 1 atom stereocenters. The minimum atomic E-state index is -0.494. The standard InChI is InChI=1S/C27H22BrNO4/c1-16-3-7-18(8-4-16)24-23-25(30)21-15-19(28)9-12-22(21)33-26(23)27(31)29(24)14-13-17-5-10-20(32-2)11-6-17/h3-12,15,24H,13-14H2,1-2H3. The minimum absolute atomic E-state index is 0.134. The molecular weight excluding hydrogens is 482 g/mol. The van der Waals surface area contributed by atoms with Crippen LogP contribution in [-0.2, 0) is 6.42 Å². The van der Waals surface area contributed by atoms with Gasteiger partial charge in [0, 0.05) is 11.0 Å². The third-order valence-corrected chi connectivity index (χ3v) is 6.61. The number of hydrogen-bond acceptors (Lipinski definition) is 4. The maximum absolute atomic E-state index is 13.6. The highest BCUT2D eigenvalue weighted by molar-refractivity contribution is 9.10. The highest BCUT2D eigenvalue weighted by Gasteiger charge is 2.42. The van der Waals surface area contributed by atoms with Crippen LogP contribution in [0.1, 0.15) is 38.9 Å². The largest absolute Gasteiger partial charge is 0.497 e. The number of methoxy groups -OCH3 is 1. The summed E-state index contributed by atoms with van der Waals surface area (Å²) in [6.45, 7) is 2.46. The normalized spacial score (nSPS) is 15.2. The van der Waals surface area contributed by atoms with E-state index in [1.54, 1.807) is 30.2 Å². The fourth-order valence-electron chi connectivity index (χ4n) is 4.36. The third-order valence-electron chi connectivity index (χ3n) is 6.12. The van der Waals surface area contributed by atoms with Crippen LogP contribution in [0.25, 0.3) is 11.0 Å². The van der Waals surface area contributed by atoms with Crippen molar-refractivity contribution in [2.75, 3.05) is 13.7 Å². The molecule has 166 valence electrons. The smallest absolute Gasteiger partial charge is 0.290 e. The van der Waals surface area contributed by atoms with Crippen molar-refractivity contribution in [2.45, 2.75) is 19.4 Å². The van der Waals surface area contributed by atoms with E-state index in [1.807, 2.05) is 55.5 Å². The zero-order chi connectivity index (χ0) is 23.1. The van der Waals surface area contributed by atoms with Gasteiger partial charge in [-0.3, -0.25) is 9.59 Å². The second kappa shape index (κ2) is 8.52. The van der Waals surface area contributed by atoms with Gasteiger partial charge < -0.3 is 14.1 Å². The zero-order valence-corrected chi connectivity index (χ0v) is 19.9. The second-order valence-corrected chi connectivity index (χ2v) is 9.14. The number of fused-ring (bicyclic) bond motifs is 2. The molecule has 0 radical (unpaired) electrons. The molecule has 5 nitrogen and oxygen atoms in total. The molecule has 0 saturated carbocycles. The summed E-state index contributed by atoms with van der Waals surface area (Å²) in [5.74, 6) is 0.662. The molecule has 1 amide bonds. The van der Waals surface area contributed by atoms with Gasteiger partial charge in [0.25, 0.3) is 5.91 Å². The van der Waals surface area contributed by atoms with E-state index < -0.39 is 6.04 Å². The Labute approximate surface area is 199 Å². The zero-order valence-electron chi connectivity index (χ0n) is 18.3. The number of halogens is 1. The summed E-state index contributed by atoms with van der Waals surface area (Å²) in [6.07, 6.45) is 0.644. The molecule has 0 saturated heterocycles. The minimum Gasteiger partial charge on any atom is -0.497 e. The Balaban J connectivity index is 1.60. The predicted molar refractivity (Wildman–Crippen MR) is 131 cm³/mol. The van der Waals surface area contributed by atoms with E-state index in [4.69, 9.17) is 9.15 Å². The maximum atomic E-state index is 13.6. The first-order valence-corrected chi connectivity index (χ1v) is 11.5. The van der Waals surface area contributed by atoms with Crippen LogP contribution in [0.15, 0.2) is 80.4 Å². The molecule has 2 heterocycles. The molecule has 1 aliphatic heterocycles. The number of rotatable bonds is 5. The van der Waals surface area contributed by atoms with E-state index in [0.717, 1.165) is 26.9 Å². The Bertz CT molecular complexity index is 1410. The number of hydrogen-bond donors (Lipinski definition) is 0. The first kappa shape index (κ1) is 21.5. The van der Waals surface area contributed by atoms with Gasteiger partial charge in [0.15, 0.2) is 5.43 Å². The van der Waals surface area contributed by atoms with Crippen LogP contribution in [0.2, 0.25) is 0 Å². The van der Waals surface area contributed by atoms with Crippen molar-refractivity contribution in [3.8, 4) is 5.75 Å². The fourth-order valence-corrected chi connectivity index (χ4v) is 4.72. The molecule has 1 aliphatic rings. The Morgan fingerprint density at radius 2 is 1.73 bits per heavy atom. The molecule has 0 N–H and O–H groups in total. The van der Waals surface area contributed by atoms with Gasteiger partial charge >= 0.3 is 0 Å². The Hall–Kier alpha value is -3.38. The van der Waals surface area contributed by atoms with Gasteiger partial charge in [-0.15, -0.1) is 0 Å². The quantitative estimate of drug-likeness (QED) is 0.352. The first-order valence-electron chi connectivity index (χ1n) is 10.7. The molecule has 0 bridgehead atoms. The lowest BCUT2D eigenvalue weighted by Gasteiger charge is -2.25. The molecule has 3 aromatic carbocycles. The average molecular weight is 504 g/mol. The van der Waals surface area contributed by atoms with Crippen LogP contribution >= 0.6 is 15.9 Å². The molecule has 4 aromatic rings. The van der Waals surface area contributed by atoms with Crippen LogP contribution in [0, 0.1) is 6.92 Å². The number of carbonyl (C=O) groups excluding carboxylic acids is 1. The van der Waals surface area contributed by atoms with Crippen molar-refractivity contribution >= 4 is 32.8 Å². The summed E-state index contributed by atoms with van der Waals surface area (Å²) < 4.78 is 12.0. The Morgan fingerprint density at radius 3 is 2.42 bits per heavy atom. The van der Waals surface area contributed by atoms with Crippen molar-refractivity contribution in [2.24, 2.45) is 0 Å². The Morgan fingerprint density at radius 1 is 1.00 bits per heavy atom. The summed E-state index contributed by atoms with van der Waals surface area (Å²) in [6, 6.07) is 20.5. The molecular formula is C27H22BrNO4. The predicted octanol–water partition coefficient (Wildman–Crippen LogP) is 5.66. The fraction of sp³-hybridized carbons (Fsp3) is 0.185. The summed E-state index contributed by atoms with van der Waals surface area (Å²) in [5, 5.41) is 0.463. The second-order valence-electron chi connectivity index (χ2n) is 8.22. The van der Waals surface area contributed by atoms with Gasteiger partial charge in [-0.1, -0.05) is 57.9 Å². The van der Waals surface area contributed by atoms with Crippen molar-refractivity contribution < 1.29 is 13.9 Å². The molecule has 1 aromatic heterocycles. The van der Waals surface area contributed by atoms with Crippen LogP contribution in [0.5, 0.6) is 5.75 Å². The first-order chi connectivity index (χ1) is 16.0. The topological polar surface area (TPSA) is 59.8 Å². The highest BCUT2D eigenvalue weighted by Crippen LogP contribution is 2.38. The van der Waals surface area contributed by atoms with E-state index in [1.165, 1.54) is 0 Å². The number of ether oxygens (including phenoxy) is 1. The number of carbonyl (C=O) groups is 1. The summed E-state index contributed by atoms with van der Waals surface area (Å²) in [7, 11) is 1.63. The summed E-state index contributed by atoms with van der Waals surface area (Å²) >= 11 is 3.43. The number of amides is 1. The molecule has 5 rings (SSSR count). The molecule has 0 fully saturated rings. The molecule has 33 heavy (non-hydrogen) atoms. The summed E-state index contributed by atoms with van der Waals surface area (Å²) in [5.41, 5.74) is 3.74. The molecule has 0 spiro atoms. The van der Waals surface area contributed by atoms with Crippen LogP contribution in [0.4, 0.5) is 0 Å². The van der Waals surface area contributed by atoms with E-state index >= 15 is 0 Å². The lowest BCUT2D eigenvalue weighted by molar-refractivity contribution is 0.0730. The average Bonchev–Trinajstić information content (AvgIpc) is 3.11. The number of benzene rings is 3. The van der Waals surface area contributed by atoms with Crippen molar-refractivity contribution in [1.82, 2.24) is 4.90 Å². The number of nitrogens with zero attached hydrogens (tertiary/aromatic N) is 1. The van der Waals surface area contributed by atoms with Crippen molar-refractivity contribution in [1.29, 1.82) is 0 Å². The SMILES string of the molecule is COc1ccc(CCN2C(=O)c3oc4ccc(Br)cc4c(=O)c3C2c2ccc(C)cc2)cc1. The van der Waals surface area contributed by atoms with Crippen molar-refractivity contribution in [3.63, 3.8) is 0 Å². The lowest BCUT2D eigenvalue weighted by atomic mass is 9.97. The monoisotopic (exact) mass is 503 g/mol. The molecule has 1 unspecified atom stereocenters. The van der Waals surface area contributed by atoms with E-state index in [-0.39, 0.29) is 17.1 Å². The van der Waals surface area contributed by atoms with Crippen LogP contribution < -0.4 is 10.2 Å². The van der Waals surface area contributed by atoms with Crippen LogP contribution in [-0.4, -0.2) is 24.5 Å². The highest BCUT2D eigenvalue weighted by atomic mass is 79.9. The van der Waals surface area contributed by atoms with Crippen molar-refractivity contribution in [3.05, 3.63) is 109 Å². The van der Waals surface area contributed by atoms with E-state index in [0.29, 0.717) is 29.5 Å². The Kier molecular flexibility index (Phi) is 5.54. The maximum Gasteiger partial charge on any atom is 0.290 e. The van der Waals surface area contributed by atoms with Gasteiger partial charge in [0.05, 0.1) is 24.1 Å². The van der Waals surface area contributed by atoms with Gasteiger partial charge in [0.2, 0.25) is 5.76 Å². The number of aryl methyl sites for hydroxylation is 1. The third kappa shape index (κ3) is 3.85. The molecule has 6 heteroatoms. The van der Waals surface area contributed by atoms with E-state index in [2.05, 4.69) is 15.9 Å². The van der Waals surface area contributed by atoms with Gasteiger partial charge in [-0.2, -0.15) is 0 Å². The summed E-state index contributed by atoms with van der Waals surface area (Å²) in [4.78, 5) is 28.8. The van der Waals surface area contributed by atoms with Gasteiger partial charge in [-0.05, 0) is 54.8 Å².